The van der Waals surface area contributed by atoms with Crippen LogP contribution in [-0.2, 0) is 6.61 Å². The van der Waals surface area contributed by atoms with Crippen molar-refractivity contribution in [3.05, 3.63) is 121 Å². The van der Waals surface area contributed by atoms with Gasteiger partial charge in [0, 0.05) is 34.1 Å². The second kappa shape index (κ2) is 10.3. The summed E-state index contributed by atoms with van der Waals surface area (Å²) in [5.41, 5.74) is 8.20. The number of rotatable bonds is 7. The number of ether oxygens (including phenoxy) is 2. The first-order valence-electron chi connectivity index (χ1n) is 13.2. The minimum atomic E-state index is -0.345. The smallest absolute Gasteiger partial charge is 0.138 e. The molecule has 7 heteroatoms. The Hall–Kier alpha value is -5.43. The van der Waals surface area contributed by atoms with Gasteiger partial charge in [-0.15, -0.1) is 0 Å². The highest BCUT2D eigenvalue weighted by Gasteiger charge is 2.15. The van der Waals surface area contributed by atoms with Gasteiger partial charge in [-0.3, -0.25) is 10.1 Å². The van der Waals surface area contributed by atoms with Crippen LogP contribution in [0.1, 0.15) is 5.56 Å². The molecule has 0 fully saturated rings. The van der Waals surface area contributed by atoms with Crippen LogP contribution in [0.2, 0.25) is 0 Å². The lowest BCUT2D eigenvalue weighted by molar-refractivity contribution is 0.305. The first-order chi connectivity index (χ1) is 20.1. The van der Waals surface area contributed by atoms with Crippen molar-refractivity contribution < 1.29 is 13.9 Å². The molecule has 0 spiro atoms. The van der Waals surface area contributed by atoms with Crippen molar-refractivity contribution in [2.24, 2.45) is 0 Å². The minimum Gasteiger partial charge on any atom is -0.497 e. The average Bonchev–Trinajstić information content (AvgIpc) is 3.64. The number of hydrogen-bond donors (Lipinski definition) is 2. The van der Waals surface area contributed by atoms with E-state index in [0.29, 0.717) is 18.1 Å². The van der Waals surface area contributed by atoms with E-state index in [9.17, 15) is 4.39 Å². The zero-order valence-electron chi connectivity index (χ0n) is 22.2. The normalized spacial score (nSPS) is 11.3. The van der Waals surface area contributed by atoms with Crippen LogP contribution >= 0.6 is 0 Å². The maximum absolute atomic E-state index is 14.3. The molecule has 3 aromatic heterocycles. The molecule has 0 aliphatic rings. The highest BCUT2D eigenvalue weighted by molar-refractivity contribution is 6.02. The molecule has 4 aromatic carbocycles. The molecular formula is C34H25FN4O2. The Balaban J connectivity index is 1.24. The van der Waals surface area contributed by atoms with Gasteiger partial charge in [0.15, 0.2) is 0 Å². The standard InChI is InChI=1S/C34H25FN4O2/c1-40-26-13-23(12-25(35)16-26)28-8-5-9-31-29(28)17-33(37-31)34-30-15-22(10-11-32(30)38-39-34)24-14-27(19-36-18-24)41-20-21-6-3-2-4-7-21/h2-19,37H,20H2,1H3,(H,38,39). The molecule has 0 amide bonds. The van der Waals surface area contributed by atoms with E-state index in [4.69, 9.17) is 9.47 Å². The van der Waals surface area contributed by atoms with Gasteiger partial charge in [-0.1, -0.05) is 48.5 Å². The molecule has 0 aliphatic heterocycles. The van der Waals surface area contributed by atoms with E-state index in [1.165, 1.54) is 19.2 Å². The molecule has 41 heavy (non-hydrogen) atoms. The number of fused-ring (bicyclic) bond motifs is 2. The molecule has 7 aromatic rings. The maximum Gasteiger partial charge on any atom is 0.138 e. The number of pyridine rings is 1. The van der Waals surface area contributed by atoms with E-state index in [1.54, 1.807) is 6.20 Å². The lowest BCUT2D eigenvalue weighted by Gasteiger charge is -2.08. The topological polar surface area (TPSA) is 75.8 Å². The molecule has 200 valence electrons. The summed E-state index contributed by atoms with van der Waals surface area (Å²) in [5.74, 6) is 0.834. The molecular weight excluding hydrogens is 515 g/mol. The molecule has 3 heterocycles. The Bertz CT molecular complexity index is 2010. The average molecular weight is 541 g/mol. The van der Waals surface area contributed by atoms with Crippen molar-refractivity contribution in [3.8, 4) is 45.1 Å². The number of nitrogens with zero attached hydrogens (tertiary/aromatic N) is 2. The fourth-order valence-electron chi connectivity index (χ4n) is 5.17. The molecule has 0 atom stereocenters. The zero-order chi connectivity index (χ0) is 27.8. The summed E-state index contributed by atoms with van der Waals surface area (Å²) < 4.78 is 25.6. The van der Waals surface area contributed by atoms with Crippen LogP contribution in [0.3, 0.4) is 0 Å². The second-order valence-corrected chi connectivity index (χ2v) is 9.85. The number of aromatic nitrogens is 4. The highest BCUT2D eigenvalue weighted by Crippen LogP contribution is 2.36. The van der Waals surface area contributed by atoms with Crippen LogP contribution in [-0.4, -0.2) is 27.3 Å². The van der Waals surface area contributed by atoms with Crippen LogP contribution in [0.5, 0.6) is 11.5 Å². The van der Waals surface area contributed by atoms with E-state index < -0.39 is 0 Å². The van der Waals surface area contributed by atoms with E-state index >= 15 is 0 Å². The Labute approximate surface area is 235 Å². The molecule has 2 N–H and O–H groups in total. The summed E-state index contributed by atoms with van der Waals surface area (Å²) in [6.45, 7) is 0.474. The molecule has 0 bridgehead atoms. The highest BCUT2D eigenvalue weighted by atomic mass is 19.1. The Morgan fingerprint density at radius 3 is 2.49 bits per heavy atom. The largest absolute Gasteiger partial charge is 0.497 e. The van der Waals surface area contributed by atoms with Crippen molar-refractivity contribution in [2.75, 3.05) is 7.11 Å². The monoisotopic (exact) mass is 540 g/mol. The molecule has 7 rings (SSSR count). The summed E-state index contributed by atoms with van der Waals surface area (Å²) in [6.07, 6.45) is 3.56. The van der Waals surface area contributed by atoms with Crippen molar-refractivity contribution in [1.82, 2.24) is 20.2 Å². The molecule has 0 saturated carbocycles. The maximum atomic E-state index is 14.3. The number of aromatic amines is 2. The lowest BCUT2D eigenvalue weighted by atomic mass is 10.0. The zero-order valence-corrected chi connectivity index (χ0v) is 22.2. The van der Waals surface area contributed by atoms with E-state index in [1.807, 2.05) is 79.0 Å². The Kier molecular flexibility index (Phi) is 6.17. The van der Waals surface area contributed by atoms with Crippen molar-refractivity contribution in [1.29, 1.82) is 0 Å². The summed E-state index contributed by atoms with van der Waals surface area (Å²) in [6, 6.07) is 31.0. The van der Waals surface area contributed by atoms with Gasteiger partial charge in [-0.2, -0.15) is 5.10 Å². The SMILES string of the molecule is COc1cc(F)cc(-c2cccc3[nH]c(-c4n[nH]c5ccc(-c6cncc(OCc7ccccc7)c6)cc45)cc23)c1. The van der Waals surface area contributed by atoms with E-state index in [2.05, 4.69) is 32.3 Å². The molecule has 0 radical (unpaired) electrons. The lowest BCUT2D eigenvalue weighted by Crippen LogP contribution is -1.95. The number of halogens is 1. The number of H-pyrrole nitrogens is 2. The minimum absolute atomic E-state index is 0.345. The number of benzene rings is 4. The van der Waals surface area contributed by atoms with Gasteiger partial charge in [0.2, 0.25) is 0 Å². The van der Waals surface area contributed by atoms with Crippen LogP contribution in [0.25, 0.3) is 55.4 Å². The van der Waals surface area contributed by atoms with Crippen molar-refractivity contribution in [3.63, 3.8) is 0 Å². The Morgan fingerprint density at radius 1 is 0.732 bits per heavy atom. The number of nitrogens with one attached hydrogen (secondary N) is 2. The molecule has 0 saturated heterocycles. The third-order valence-corrected chi connectivity index (χ3v) is 7.19. The first kappa shape index (κ1) is 24.6. The summed E-state index contributed by atoms with van der Waals surface area (Å²) in [5, 5.41) is 9.73. The van der Waals surface area contributed by atoms with Gasteiger partial charge in [0.25, 0.3) is 0 Å². The van der Waals surface area contributed by atoms with E-state index in [0.717, 1.165) is 61.0 Å². The van der Waals surface area contributed by atoms with Gasteiger partial charge in [-0.05, 0) is 64.7 Å². The molecule has 0 aliphatic carbocycles. The fraction of sp³-hybridized carbons (Fsp3) is 0.0588. The van der Waals surface area contributed by atoms with Crippen LogP contribution in [0.15, 0.2) is 109 Å². The molecule has 6 nitrogen and oxygen atoms in total. The fourth-order valence-corrected chi connectivity index (χ4v) is 5.17. The van der Waals surface area contributed by atoms with Gasteiger partial charge < -0.3 is 14.5 Å². The summed E-state index contributed by atoms with van der Waals surface area (Å²) in [4.78, 5) is 7.92. The third-order valence-electron chi connectivity index (χ3n) is 7.19. The first-order valence-corrected chi connectivity index (χ1v) is 13.2. The van der Waals surface area contributed by atoms with Crippen LogP contribution in [0, 0.1) is 5.82 Å². The summed E-state index contributed by atoms with van der Waals surface area (Å²) in [7, 11) is 1.54. The Morgan fingerprint density at radius 2 is 1.61 bits per heavy atom. The predicted molar refractivity (Wildman–Crippen MR) is 159 cm³/mol. The number of hydrogen-bond acceptors (Lipinski definition) is 4. The van der Waals surface area contributed by atoms with Gasteiger partial charge >= 0.3 is 0 Å². The number of methoxy groups -OCH3 is 1. The van der Waals surface area contributed by atoms with Crippen molar-refractivity contribution in [2.45, 2.75) is 6.61 Å². The summed E-state index contributed by atoms with van der Waals surface area (Å²) >= 11 is 0. The third kappa shape index (κ3) is 4.78. The van der Waals surface area contributed by atoms with E-state index in [-0.39, 0.29) is 5.82 Å². The van der Waals surface area contributed by atoms with Gasteiger partial charge in [0.1, 0.15) is 29.6 Å². The van der Waals surface area contributed by atoms with Crippen molar-refractivity contribution >= 4 is 21.8 Å². The second-order valence-electron chi connectivity index (χ2n) is 9.85. The van der Waals surface area contributed by atoms with Crippen LogP contribution in [0.4, 0.5) is 4.39 Å². The van der Waals surface area contributed by atoms with Crippen LogP contribution < -0.4 is 9.47 Å². The molecule has 0 unspecified atom stereocenters. The quantitative estimate of drug-likeness (QED) is 0.214. The predicted octanol–water partition coefficient (Wildman–Crippen LogP) is 8.17. The van der Waals surface area contributed by atoms with Gasteiger partial charge in [0.05, 0.1) is 24.5 Å². The van der Waals surface area contributed by atoms with Gasteiger partial charge in [-0.25, -0.2) is 4.39 Å².